The van der Waals surface area contributed by atoms with Crippen molar-refractivity contribution in [3.63, 3.8) is 0 Å². The van der Waals surface area contributed by atoms with Gasteiger partial charge in [0.2, 0.25) is 0 Å². The summed E-state index contributed by atoms with van der Waals surface area (Å²) in [5.74, 6) is 1.08. The molecule has 4 fully saturated rings. The SMILES string of the molecule is NC12CCC(C3CCCC3)(CC1)CC2. The summed E-state index contributed by atoms with van der Waals surface area (Å²) < 4.78 is 0. The molecule has 80 valence electrons. The van der Waals surface area contributed by atoms with E-state index in [9.17, 15) is 0 Å². The Hall–Kier alpha value is -0.0400. The molecular weight excluding hydrogens is 170 g/mol. The molecule has 0 unspecified atom stereocenters. The van der Waals surface area contributed by atoms with Gasteiger partial charge >= 0.3 is 0 Å². The van der Waals surface area contributed by atoms with Crippen molar-refractivity contribution in [3.8, 4) is 0 Å². The fourth-order valence-corrected chi connectivity index (χ4v) is 4.39. The van der Waals surface area contributed by atoms with Crippen LogP contribution >= 0.6 is 0 Å². The van der Waals surface area contributed by atoms with Crippen molar-refractivity contribution in [2.24, 2.45) is 17.1 Å². The number of nitrogens with two attached hydrogens (primary N) is 1. The fourth-order valence-electron chi connectivity index (χ4n) is 4.39. The van der Waals surface area contributed by atoms with Crippen LogP contribution in [0.3, 0.4) is 0 Å². The average molecular weight is 193 g/mol. The highest BCUT2D eigenvalue weighted by atomic mass is 14.8. The van der Waals surface area contributed by atoms with Crippen molar-refractivity contribution in [2.45, 2.75) is 69.7 Å². The van der Waals surface area contributed by atoms with Crippen molar-refractivity contribution in [2.75, 3.05) is 0 Å². The van der Waals surface area contributed by atoms with Crippen LogP contribution in [0.5, 0.6) is 0 Å². The first-order valence-electron chi connectivity index (χ1n) is 6.52. The van der Waals surface area contributed by atoms with Gasteiger partial charge in [0.05, 0.1) is 0 Å². The van der Waals surface area contributed by atoms with E-state index < -0.39 is 0 Å². The van der Waals surface area contributed by atoms with Crippen LogP contribution in [0.1, 0.15) is 64.2 Å². The molecule has 0 spiro atoms. The standard InChI is InChI=1S/C13H23N/c14-13-8-5-12(6-9-13,7-10-13)11-3-1-2-4-11/h11H,1-10,14H2. The van der Waals surface area contributed by atoms with Gasteiger partial charge < -0.3 is 5.73 Å². The molecule has 0 amide bonds. The summed E-state index contributed by atoms with van der Waals surface area (Å²) in [6.07, 6.45) is 14.4. The Bertz CT molecular complexity index is 203. The van der Waals surface area contributed by atoms with Gasteiger partial charge in [0.1, 0.15) is 0 Å². The summed E-state index contributed by atoms with van der Waals surface area (Å²) in [6.45, 7) is 0. The smallest absolute Gasteiger partial charge is 0.0155 e. The molecule has 0 heterocycles. The first kappa shape index (κ1) is 9.21. The van der Waals surface area contributed by atoms with Gasteiger partial charge in [-0.25, -0.2) is 0 Å². The molecule has 4 aliphatic carbocycles. The second-order valence-corrected chi connectivity index (χ2v) is 6.21. The van der Waals surface area contributed by atoms with Gasteiger partial charge in [-0.15, -0.1) is 0 Å². The highest BCUT2D eigenvalue weighted by molar-refractivity contribution is 5.05. The monoisotopic (exact) mass is 193 g/mol. The molecular formula is C13H23N. The zero-order valence-electron chi connectivity index (χ0n) is 9.23. The Balaban J connectivity index is 1.78. The van der Waals surface area contributed by atoms with Gasteiger partial charge in [-0.05, 0) is 62.7 Å². The quantitative estimate of drug-likeness (QED) is 0.680. The van der Waals surface area contributed by atoms with Crippen LogP contribution in [0.4, 0.5) is 0 Å². The van der Waals surface area contributed by atoms with Crippen molar-refractivity contribution < 1.29 is 0 Å². The fraction of sp³-hybridized carbons (Fsp3) is 1.00. The first-order valence-corrected chi connectivity index (χ1v) is 6.52. The summed E-state index contributed by atoms with van der Waals surface area (Å²) >= 11 is 0. The third-order valence-corrected chi connectivity index (χ3v) is 5.58. The minimum absolute atomic E-state index is 0.264. The molecule has 0 aromatic rings. The maximum atomic E-state index is 6.35. The number of hydrogen-bond donors (Lipinski definition) is 1. The zero-order chi connectivity index (χ0) is 9.65. The second-order valence-electron chi connectivity index (χ2n) is 6.21. The van der Waals surface area contributed by atoms with Gasteiger partial charge in [0.25, 0.3) is 0 Å². The molecule has 0 aromatic carbocycles. The molecule has 4 rings (SSSR count). The summed E-state index contributed by atoms with van der Waals surface area (Å²) in [6, 6.07) is 0. The van der Waals surface area contributed by atoms with E-state index in [1.165, 1.54) is 64.2 Å². The van der Waals surface area contributed by atoms with E-state index in [1.54, 1.807) is 0 Å². The second kappa shape index (κ2) is 2.98. The van der Waals surface area contributed by atoms with Crippen LogP contribution in [-0.4, -0.2) is 5.54 Å². The van der Waals surface area contributed by atoms with E-state index in [0.717, 1.165) is 11.3 Å². The number of fused-ring (bicyclic) bond motifs is 3. The van der Waals surface area contributed by atoms with Crippen molar-refractivity contribution in [1.29, 1.82) is 0 Å². The third kappa shape index (κ3) is 1.25. The summed E-state index contributed by atoms with van der Waals surface area (Å²) in [5, 5.41) is 0. The van der Waals surface area contributed by atoms with Crippen LogP contribution in [-0.2, 0) is 0 Å². The van der Waals surface area contributed by atoms with Crippen molar-refractivity contribution in [3.05, 3.63) is 0 Å². The van der Waals surface area contributed by atoms with E-state index in [2.05, 4.69) is 0 Å². The molecule has 2 bridgehead atoms. The van der Waals surface area contributed by atoms with Gasteiger partial charge in [-0.3, -0.25) is 0 Å². The predicted molar refractivity (Wildman–Crippen MR) is 59.0 cm³/mol. The summed E-state index contributed by atoms with van der Waals surface area (Å²) in [4.78, 5) is 0. The molecule has 4 aliphatic rings. The topological polar surface area (TPSA) is 26.0 Å². The van der Waals surface area contributed by atoms with Crippen molar-refractivity contribution in [1.82, 2.24) is 0 Å². The number of hydrogen-bond acceptors (Lipinski definition) is 1. The highest BCUT2D eigenvalue weighted by Gasteiger charge is 2.50. The largest absolute Gasteiger partial charge is 0.325 e. The van der Waals surface area contributed by atoms with Gasteiger partial charge in [0, 0.05) is 5.54 Å². The normalized spacial score (nSPS) is 48.6. The van der Waals surface area contributed by atoms with Gasteiger partial charge in [-0.1, -0.05) is 12.8 Å². The molecule has 4 saturated carbocycles. The maximum absolute atomic E-state index is 6.35. The van der Waals surface area contributed by atoms with E-state index in [0.29, 0.717) is 0 Å². The molecule has 0 aromatic heterocycles. The lowest BCUT2D eigenvalue weighted by atomic mass is 9.53. The van der Waals surface area contributed by atoms with Crippen LogP contribution in [0.15, 0.2) is 0 Å². The van der Waals surface area contributed by atoms with Gasteiger partial charge in [0.15, 0.2) is 0 Å². The molecule has 2 N–H and O–H groups in total. The summed E-state index contributed by atoms with van der Waals surface area (Å²) in [5.41, 5.74) is 7.38. The van der Waals surface area contributed by atoms with E-state index in [1.807, 2.05) is 0 Å². The van der Waals surface area contributed by atoms with Crippen LogP contribution in [0, 0.1) is 11.3 Å². The maximum Gasteiger partial charge on any atom is 0.0155 e. The Morgan fingerprint density at radius 2 is 1.29 bits per heavy atom. The van der Waals surface area contributed by atoms with Gasteiger partial charge in [-0.2, -0.15) is 0 Å². The zero-order valence-corrected chi connectivity index (χ0v) is 9.23. The molecule has 0 radical (unpaired) electrons. The van der Waals surface area contributed by atoms with Crippen molar-refractivity contribution >= 4 is 0 Å². The molecule has 0 saturated heterocycles. The lowest BCUT2D eigenvalue weighted by Gasteiger charge is -2.54. The molecule has 14 heavy (non-hydrogen) atoms. The lowest BCUT2D eigenvalue weighted by molar-refractivity contribution is -0.00424. The first-order chi connectivity index (χ1) is 6.73. The Morgan fingerprint density at radius 3 is 1.79 bits per heavy atom. The van der Waals surface area contributed by atoms with E-state index >= 15 is 0 Å². The molecule has 1 heteroatoms. The van der Waals surface area contributed by atoms with E-state index in [-0.39, 0.29) is 5.54 Å². The Labute approximate surface area is 87.4 Å². The molecule has 0 atom stereocenters. The number of rotatable bonds is 1. The van der Waals surface area contributed by atoms with E-state index in [4.69, 9.17) is 5.73 Å². The minimum atomic E-state index is 0.264. The Morgan fingerprint density at radius 1 is 0.786 bits per heavy atom. The third-order valence-electron chi connectivity index (χ3n) is 5.58. The average Bonchev–Trinajstić information content (AvgIpc) is 2.73. The highest BCUT2D eigenvalue weighted by Crippen LogP contribution is 2.58. The molecule has 1 nitrogen and oxygen atoms in total. The van der Waals surface area contributed by atoms with Crippen LogP contribution < -0.4 is 5.73 Å². The van der Waals surface area contributed by atoms with Crippen LogP contribution in [0.2, 0.25) is 0 Å². The van der Waals surface area contributed by atoms with Crippen LogP contribution in [0.25, 0.3) is 0 Å². The molecule has 0 aliphatic heterocycles. The predicted octanol–water partition coefficient (Wildman–Crippen LogP) is 3.23. The summed E-state index contributed by atoms with van der Waals surface area (Å²) in [7, 11) is 0. The lowest BCUT2D eigenvalue weighted by Crippen LogP contribution is -2.53. The Kier molecular flexibility index (Phi) is 1.96. The minimum Gasteiger partial charge on any atom is -0.325 e.